The van der Waals surface area contributed by atoms with Crippen LogP contribution in [0.5, 0.6) is 0 Å². The van der Waals surface area contributed by atoms with Crippen molar-refractivity contribution >= 4 is 27.4 Å². The van der Waals surface area contributed by atoms with Gasteiger partial charge in [-0.1, -0.05) is 0 Å². The van der Waals surface area contributed by atoms with E-state index in [9.17, 15) is 13.2 Å². The molecule has 0 aliphatic carbocycles. The smallest absolute Gasteiger partial charge is 0.318 e. The molecule has 0 aromatic carbocycles. The maximum atomic E-state index is 13.1. The molecule has 0 spiro atoms. The number of urea groups is 1. The molecule has 0 bridgehead atoms. The quantitative estimate of drug-likeness (QED) is 0.804. The monoisotopic (exact) mass is 398 g/mol. The van der Waals surface area contributed by atoms with Crippen LogP contribution in [0.25, 0.3) is 0 Å². The van der Waals surface area contributed by atoms with Gasteiger partial charge in [-0.25, -0.2) is 13.2 Å². The predicted molar refractivity (Wildman–Crippen MR) is 101 cm³/mol. The highest BCUT2D eigenvalue weighted by molar-refractivity contribution is 7.89. The van der Waals surface area contributed by atoms with E-state index in [0.29, 0.717) is 24.4 Å². The van der Waals surface area contributed by atoms with Crippen LogP contribution < -0.4 is 10.6 Å². The van der Waals surface area contributed by atoms with Gasteiger partial charge in [-0.05, 0) is 52.3 Å². The predicted octanol–water partition coefficient (Wildman–Crippen LogP) is 1.27. The third-order valence-electron chi connectivity index (χ3n) is 5.76. The Morgan fingerprint density at radius 3 is 2.58 bits per heavy atom. The number of fused-ring (bicyclic) bond motifs is 1. The highest BCUT2D eigenvalue weighted by Crippen LogP contribution is 2.32. The molecule has 9 heteroatoms. The highest BCUT2D eigenvalue weighted by Gasteiger charge is 2.47. The number of hydrogen-bond acceptors (Lipinski definition) is 5. The van der Waals surface area contributed by atoms with Crippen molar-refractivity contribution in [1.82, 2.24) is 19.8 Å². The molecule has 2 N–H and O–H groups in total. The van der Waals surface area contributed by atoms with Gasteiger partial charge in [0.2, 0.25) is 10.0 Å². The van der Waals surface area contributed by atoms with Crippen LogP contribution in [0.3, 0.4) is 0 Å². The van der Waals surface area contributed by atoms with Gasteiger partial charge in [0.05, 0.1) is 17.0 Å². The Hall–Kier alpha value is -1.16. The van der Waals surface area contributed by atoms with Crippen molar-refractivity contribution in [2.75, 3.05) is 26.2 Å². The normalized spacial score (nSPS) is 28.2. The van der Waals surface area contributed by atoms with Crippen molar-refractivity contribution in [2.45, 2.75) is 56.1 Å². The van der Waals surface area contributed by atoms with E-state index in [-0.39, 0.29) is 24.2 Å². The molecule has 3 aliphatic rings. The first-order valence-electron chi connectivity index (χ1n) is 9.24. The van der Waals surface area contributed by atoms with Crippen LogP contribution in [0.15, 0.2) is 11.0 Å². The molecule has 3 saturated heterocycles. The van der Waals surface area contributed by atoms with E-state index in [0.717, 1.165) is 35.7 Å². The Bertz CT molecular complexity index is 801. The summed E-state index contributed by atoms with van der Waals surface area (Å²) < 4.78 is 27.7. The largest absolute Gasteiger partial charge is 0.332 e. The maximum Gasteiger partial charge on any atom is 0.318 e. The second-order valence-electron chi connectivity index (χ2n) is 7.44. The molecule has 2 unspecified atom stereocenters. The third kappa shape index (κ3) is 3.04. The van der Waals surface area contributed by atoms with Gasteiger partial charge in [0.15, 0.2) is 0 Å². The number of aryl methyl sites for hydroxylation is 2. The fraction of sp³-hybridized carbons (Fsp3) is 0.706. The summed E-state index contributed by atoms with van der Waals surface area (Å²) in [5, 5.41) is 6.37. The van der Waals surface area contributed by atoms with E-state index in [2.05, 4.69) is 10.6 Å². The molecule has 4 heterocycles. The van der Waals surface area contributed by atoms with Crippen LogP contribution in [0.2, 0.25) is 0 Å². The first kappa shape index (κ1) is 18.2. The van der Waals surface area contributed by atoms with E-state index in [1.54, 1.807) is 10.4 Å². The molecular formula is C17H26N4O3S2. The van der Waals surface area contributed by atoms with Crippen molar-refractivity contribution in [3.8, 4) is 0 Å². The summed E-state index contributed by atoms with van der Waals surface area (Å²) in [6, 6.07) is 1.96. The van der Waals surface area contributed by atoms with Crippen LogP contribution >= 0.6 is 11.3 Å². The number of rotatable bonds is 3. The molecule has 26 heavy (non-hydrogen) atoms. The van der Waals surface area contributed by atoms with E-state index < -0.39 is 10.0 Å². The number of sulfonamides is 1. The summed E-state index contributed by atoms with van der Waals surface area (Å²) >= 11 is 1.51. The lowest BCUT2D eigenvalue weighted by Gasteiger charge is -2.40. The van der Waals surface area contributed by atoms with Crippen molar-refractivity contribution in [1.29, 1.82) is 0 Å². The van der Waals surface area contributed by atoms with Gasteiger partial charge in [0, 0.05) is 28.9 Å². The summed E-state index contributed by atoms with van der Waals surface area (Å²) in [6.07, 6.45) is 2.62. The van der Waals surface area contributed by atoms with Gasteiger partial charge in [-0.15, -0.1) is 11.3 Å². The number of hydrogen-bond donors (Lipinski definition) is 2. The molecule has 3 aliphatic heterocycles. The number of amides is 2. The zero-order valence-electron chi connectivity index (χ0n) is 15.2. The molecule has 3 fully saturated rings. The Morgan fingerprint density at radius 1 is 1.19 bits per heavy atom. The molecule has 4 rings (SSSR count). The average molecular weight is 399 g/mol. The molecule has 2 amide bonds. The number of carbonyl (C=O) groups excluding carboxylic acids is 1. The van der Waals surface area contributed by atoms with E-state index in [1.807, 2.05) is 18.7 Å². The lowest BCUT2D eigenvalue weighted by Crippen LogP contribution is -2.55. The maximum absolute atomic E-state index is 13.1. The zero-order chi connectivity index (χ0) is 18.5. The lowest BCUT2D eigenvalue weighted by molar-refractivity contribution is 0.129. The molecule has 0 saturated carbocycles. The summed E-state index contributed by atoms with van der Waals surface area (Å²) in [5.41, 5.74) is 0. The Morgan fingerprint density at radius 2 is 1.92 bits per heavy atom. The minimum absolute atomic E-state index is 0.0336. The van der Waals surface area contributed by atoms with Crippen molar-refractivity contribution in [3.05, 3.63) is 15.8 Å². The zero-order valence-corrected chi connectivity index (χ0v) is 16.8. The first-order valence-corrected chi connectivity index (χ1v) is 11.5. The van der Waals surface area contributed by atoms with Gasteiger partial charge >= 0.3 is 6.03 Å². The van der Waals surface area contributed by atoms with Crippen LogP contribution in [0.1, 0.15) is 29.0 Å². The van der Waals surface area contributed by atoms with Crippen LogP contribution in [-0.4, -0.2) is 68.0 Å². The highest BCUT2D eigenvalue weighted by atomic mass is 32.2. The molecular weight excluding hydrogens is 372 g/mol. The summed E-state index contributed by atoms with van der Waals surface area (Å²) in [7, 11) is -3.51. The minimum Gasteiger partial charge on any atom is -0.332 e. The summed E-state index contributed by atoms with van der Waals surface area (Å²) in [5.74, 6) is 0. The SMILES string of the molecule is Cc1cc(S(=O)(=O)N2CCC3C(C2)NC(=O)N3C2CCNCC2)c(C)s1. The Kier molecular flexibility index (Phi) is 4.75. The average Bonchev–Trinajstić information content (AvgIpc) is 3.13. The molecule has 2 atom stereocenters. The summed E-state index contributed by atoms with van der Waals surface area (Å²) in [4.78, 5) is 16.8. The third-order valence-corrected chi connectivity index (χ3v) is 8.84. The molecule has 1 aromatic heterocycles. The Balaban J connectivity index is 1.52. The van der Waals surface area contributed by atoms with Gasteiger partial charge in [0.1, 0.15) is 0 Å². The van der Waals surface area contributed by atoms with Gasteiger partial charge in [0.25, 0.3) is 0 Å². The summed E-state index contributed by atoms with van der Waals surface area (Å²) in [6.45, 7) is 6.47. The second kappa shape index (κ2) is 6.78. The number of piperidine rings is 2. The van der Waals surface area contributed by atoms with Crippen LogP contribution in [0, 0.1) is 13.8 Å². The number of nitrogens with zero attached hydrogens (tertiary/aromatic N) is 2. The van der Waals surface area contributed by atoms with Crippen LogP contribution in [0.4, 0.5) is 4.79 Å². The Labute approximate surface area is 158 Å². The number of carbonyl (C=O) groups is 1. The second-order valence-corrected chi connectivity index (χ2v) is 10.8. The standard InChI is InChI=1S/C17H26N4O3S2/c1-11-9-16(12(2)25-11)26(23,24)20-8-5-15-14(10-20)19-17(22)21(15)13-3-6-18-7-4-13/h9,13-15,18H,3-8,10H2,1-2H3,(H,19,22). The first-order chi connectivity index (χ1) is 12.4. The van der Waals surface area contributed by atoms with E-state index in [4.69, 9.17) is 0 Å². The van der Waals surface area contributed by atoms with Crippen molar-refractivity contribution < 1.29 is 13.2 Å². The van der Waals surface area contributed by atoms with Crippen molar-refractivity contribution in [3.63, 3.8) is 0 Å². The van der Waals surface area contributed by atoms with Gasteiger partial charge in [-0.2, -0.15) is 4.31 Å². The fourth-order valence-corrected chi connectivity index (χ4v) is 7.52. The fourth-order valence-electron chi connectivity index (χ4n) is 4.51. The topological polar surface area (TPSA) is 81.8 Å². The van der Waals surface area contributed by atoms with E-state index >= 15 is 0 Å². The van der Waals surface area contributed by atoms with Crippen molar-refractivity contribution in [2.24, 2.45) is 0 Å². The minimum atomic E-state index is -3.51. The molecule has 1 aromatic rings. The lowest BCUT2D eigenvalue weighted by atomic mass is 9.97. The molecule has 144 valence electrons. The van der Waals surface area contributed by atoms with E-state index in [1.165, 1.54) is 11.3 Å². The number of thiophene rings is 1. The molecule has 0 radical (unpaired) electrons. The van der Waals surface area contributed by atoms with Crippen LogP contribution in [-0.2, 0) is 10.0 Å². The number of nitrogens with one attached hydrogen (secondary N) is 2. The van der Waals surface area contributed by atoms with Gasteiger partial charge in [-0.3, -0.25) is 0 Å². The molecule has 7 nitrogen and oxygen atoms in total. The van der Waals surface area contributed by atoms with Gasteiger partial charge < -0.3 is 15.5 Å².